The molecule has 78 valence electrons. The summed E-state index contributed by atoms with van der Waals surface area (Å²) >= 11 is 0. The van der Waals surface area contributed by atoms with Gasteiger partial charge in [0.15, 0.2) is 0 Å². The smallest absolute Gasteiger partial charge is 0.403 e. The van der Waals surface area contributed by atoms with Gasteiger partial charge in [-0.25, -0.2) is 0 Å². The molecule has 0 spiro atoms. The molecule has 0 aliphatic carbocycles. The van der Waals surface area contributed by atoms with Crippen molar-refractivity contribution in [2.24, 2.45) is 0 Å². The van der Waals surface area contributed by atoms with Gasteiger partial charge in [0.1, 0.15) is 0 Å². The first-order chi connectivity index (χ1) is 5.91. The van der Waals surface area contributed by atoms with Gasteiger partial charge >= 0.3 is 27.3 Å². The van der Waals surface area contributed by atoms with Gasteiger partial charge in [-0.05, 0) is 25.7 Å². The summed E-state index contributed by atoms with van der Waals surface area (Å²) in [6, 6.07) is 0.414. The Morgan fingerprint density at radius 2 is 1.62 bits per heavy atom. The summed E-state index contributed by atoms with van der Waals surface area (Å²) in [5, 5.41) is 0. The van der Waals surface area contributed by atoms with Gasteiger partial charge in [-0.2, -0.15) is 0 Å². The molecule has 0 amide bonds. The standard InChI is InChI=1S/C6H19NO3Si3/c1-6(2)7-13(5)9-11(3)8-12(4)10-13/h6-7,11-12H,1-5H3. The molecule has 1 heterocycles. The summed E-state index contributed by atoms with van der Waals surface area (Å²) in [6.07, 6.45) is 0. The third-order valence-electron chi connectivity index (χ3n) is 1.72. The monoisotopic (exact) mass is 237 g/mol. The average molecular weight is 237 g/mol. The van der Waals surface area contributed by atoms with E-state index >= 15 is 0 Å². The molecule has 0 aromatic heterocycles. The molecule has 1 aliphatic heterocycles. The highest BCUT2D eigenvalue weighted by atomic mass is 28.5. The fraction of sp³-hybridized carbons (Fsp3) is 1.00. The van der Waals surface area contributed by atoms with Crippen LogP contribution in [0.15, 0.2) is 0 Å². The van der Waals surface area contributed by atoms with Crippen LogP contribution in [0.25, 0.3) is 0 Å². The lowest BCUT2D eigenvalue weighted by Crippen LogP contribution is -2.64. The van der Waals surface area contributed by atoms with Crippen LogP contribution < -0.4 is 4.98 Å². The quantitative estimate of drug-likeness (QED) is 0.702. The fourth-order valence-electron chi connectivity index (χ4n) is 1.58. The second kappa shape index (κ2) is 4.34. The van der Waals surface area contributed by atoms with E-state index in [1.165, 1.54) is 0 Å². The fourth-order valence-corrected chi connectivity index (χ4v) is 12.6. The van der Waals surface area contributed by atoms with Crippen molar-refractivity contribution in [3.63, 3.8) is 0 Å². The molecule has 2 unspecified atom stereocenters. The van der Waals surface area contributed by atoms with E-state index < -0.39 is 27.3 Å². The number of hydrogen-bond acceptors (Lipinski definition) is 4. The van der Waals surface area contributed by atoms with Crippen LogP contribution in [-0.2, 0) is 12.3 Å². The maximum atomic E-state index is 5.81. The topological polar surface area (TPSA) is 39.7 Å². The van der Waals surface area contributed by atoms with E-state index in [0.717, 1.165) is 0 Å². The molecule has 1 fully saturated rings. The molecule has 13 heavy (non-hydrogen) atoms. The minimum Gasteiger partial charge on any atom is -0.420 e. The van der Waals surface area contributed by atoms with Crippen LogP contribution in [0, 0.1) is 0 Å². The van der Waals surface area contributed by atoms with Gasteiger partial charge in [-0.1, -0.05) is 13.8 Å². The van der Waals surface area contributed by atoms with Crippen molar-refractivity contribution in [2.75, 3.05) is 0 Å². The highest BCUT2D eigenvalue weighted by Gasteiger charge is 2.42. The van der Waals surface area contributed by atoms with Crippen LogP contribution in [0.1, 0.15) is 13.8 Å². The largest absolute Gasteiger partial charge is 0.420 e. The van der Waals surface area contributed by atoms with Crippen LogP contribution in [0.4, 0.5) is 0 Å². The van der Waals surface area contributed by atoms with Gasteiger partial charge in [0.25, 0.3) is 0 Å². The predicted molar refractivity (Wildman–Crippen MR) is 59.2 cm³/mol. The Kier molecular flexibility index (Phi) is 3.86. The molecule has 1 aliphatic rings. The molecular weight excluding hydrogens is 218 g/mol. The van der Waals surface area contributed by atoms with Crippen molar-refractivity contribution in [3.05, 3.63) is 0 Å². The number of hydrogen-bond donors (Lipinski definition) is 1. The summed E-state index contributed by atoms with van der Waals surface area (Å²) in [7, 11) is -4.88. The predicted octanol–water partition coefficient (Wildman–Crippen LogP) is 0.317. The first-order valence-electron chi connectivity index (χ1n) is 4.70. The Hall–Kier alpha value is 0.491. The van der Waals surface area contributed by atoms with E-state index in [2.05, 4.69) is 38.5 Å². The van der Waals surface area contributed by atoms with Crippen molar-refractivity contribution in [1.82, 2.24) is 4.98 Å². The van der Waals surface area contributed by atoms with Crippen LogP contribution in [0.2, 0.25) is 19.6 Å². The van der Waals surface area contributed by atoms with Crippen molar-refractivity contribution < 1.29 is 12.3 Å². The zero-order valence-electron chi connectivity index (χ0n) is 8.96. The second-order valence-corrected chi connectivity index (χ2v) is 11.2. The second-order valence-electron chi connectivity index (χ2n) is 3.75. The molecule has 0 bridgehead atoms. The van der Waals surface area contributed by atoms with E-state index in [1.807, 2.05) is 0 Å². The van der Waals surface area contributed by atoms with Crippen molar-refractivity contribution in [2.45, 2.75) is 39.5 Å². The van der Waals surface area contributed by atoms with Gasteiger partial charge in [0, 0.05) is 0 Å². The third kappa shape index (κ3) is 3.62. The lowest BCUT2D eigenvalue weighted by molar-refractivity contribution is 0.253. The summed E-state index contributed by atoms with van der Waals surface area (Å²) in [5.41, 5.74) is 0. The molecule has 1 N–H and O–H groups in total. The maximum absolute atomic E-state index is 5.81. The Bertz CT molecular complexity index is 165. The van der Waals surface area contributed by atoms with Crippen molar-refractivity contribution in [3.8, 4) is 0 Å². The molecule has 0 aromatic rings. The summed E-state index contributed by atoms with van der Waals surface area (Å²) in [6.45, 7) is 10.4. The van der Waals surface area contributed by atoms with Crippen LogP contribution >= 0.6 is 0 Å². The van der Waals surface area contributed by atoms with Gasteiger partial charge in [-0.3, -0.25) is 4.98 Å². The third-order valence-corrected chi connectivity index (χ3v) is 12.1. The van der Waals surface area contributed by atoms with Crippen LogP contribution in [-0.4, -0.2) is 33.3 Å². The highest BCUT2D eigenvalue weighted by Crippen LogP contribution is 2.15. The first-order valence-corrected chi connectivity index (χ1v) is 11.2. The zero-order chi connectivity index (χ0) is 10.1. The van der Waals surface area contributed by atoms with Gasteiger partial charge in [0.05, 0.1) is 0 Å². The van der Waals surface area contributed by atoms with E-state index in [0.29, 0.717) is 6.04 Å². The molecule has 7 heteroatoms. The molecule has 1 saturated heterocycles. The number of rotatable bonds is 2. The normalized spacial score (nSPS) is 41.1. The molecule has 0 saturated carbocycles. The molecule has 2 atom stereocenters. The molecule has 4 nitrogen and oxygen atoms in total. The molecule has 1 rings (SSSR count). The summed E-state index contributed by atoms with van der Waals surface area (Å²) in [5.74, 6) is 0. The minimum atomic E-state index is -2.08. The van der Waals surface area contributed by atoms with Gasteiger partial charge in [-0.15, -0.1) is 0 Å². The van der Waals surface area contributed by atoms with E-state index in [-0.39, 0.29) is 0 Å². The van der Waals surface area contributed by atoms with Crippen LogP contribution in [0.3, 0.4) is 0 Å². The summed E-state index contributed by atoms with van der Waals surface area (Å²) < 4.78 is 17.2. The Morgan fingerprint density at radius 3 is 2.00 bits per heavy atom. The highest BCUT2D eigenvalue weighted by molar-refractivity contribution is 6.80. The van der Waals surface area contributed by atoms with Crippen molar-refractivity contribution in [1.29, 1.82) is 0 Å². The molecular formula is C6H19NO3Si3. The van der Waals surface area contributed by atoms with E-state index in [1.54, 1.807) is 0 Å². The zero-order valence-corrected chi connectivity index (χ0v) is 12.3. The lowest BCUT2D eigenvalue weighted by atomic mass is 10.4. The Morgan fingerprint density at radius 1 is 1.15 bits per heavy atom. The van der Waals surface area contributed by atoms with Gasteiger partial charge < -0.3 is 12.3 Å². The average Bonchev–Trinajstić information content (AvgIpc) is 1.77. The van der Waals surface area contributed by atoms with E-state index in [9.17, 15) is 0 Å². The Labute approximate surface area is 84.6 Å². The molecule has 0 radical (unpaired) electrons. The molecule has 0 aromatic carbocycles. The SMILES string of the molecule is CC(C)N[Si]1(C)O[SiH](C)O[SiH](C)O1. The minimum absolute atomic E-state index is 0.414. The number of nitrogens with one attached hydrogen (secondary N) is 1. The van der Waals surface area contributed by atoms with Crippen LogP contribution in [0.5, 0.6) is 0 Å². The van der Waals surface area contributed by atoms with E-state index in [4.69, 9.17) is 12.3 Å². The maximum Gasteiger partial charge on any atom is 0.403 e. The van der Waals surface area contributed by atoms with Crippen molar-refractivity contribution >= 4 is 27.3 Å². The first kappa shape index (κ1) is 11.6. The van der Waals surface area contributed by atoms with Gasteiger partial charge in [0.2, 0.25) is 0 Å². The Balaban J connectivity index is 2.55. The summed E-state index contributed by atoms with van der Waals surface area (Å²) in [4.78, 5) is 3.40. The lowest BCUT2D eigenvalue weighted by Gasteiger charge is -2.39.